The van der Waals surface area contributed by atoms with Gasteiger partial charge in [0.25, 0.3) is 5.91 Å². The molecule has 0 aliphatic rings. The number of ether oxygens (including phenoxy) is 2. The monoisotopic (exact) mass is 559 g/mol. The molecule has 0 aliphatic carbocycles. The highest BCUT2D eigenvalue weighted by atomic mass is 35.5. The molecule has 0 saturated carbocycles. The lowest BCUT2D eigenvalue weighted by Gasteiger charge is -2.15. The van der Waals surface area contributed by atoms with Crippen molar-refractivity contribution in [1.29, 1.82) is 5.26 Å². The summed E-state index contributed by atoms with van der Waals surface area (Å²) in [5.41, 5.74) is 0.197. The predicted octanol–water partition coefficient (Wildman–Crippen LogP) is 7.62. The van der Waals surface area contributed by atoms with E-state index in [4.69, 9.17) is 21.1 Å². The number of rotatable bonds is 8. The van der Waals surface area contributed by atoms with E-state index in [2.05, 4.69) is 5.32 Å². The van der Waals surface area contributed by atoms with Gasteiger partial charge in [0, 0.05) is 11.8 Å². The third-order valence-electron chi connectivity index (χ3n) is 5.56. The summed E-state index contributed by atoms with van der Waals surface area (Å²) < 4.78 is 50.3. The van der Waals surface area contributed by atoms with Gasteiger partial charge in [0.15, 0.2) is 11.5 Å². The molecule has 12 heteroatoms. The number of benzene rings is 3. The molecule has 3 aromatic carbocycles. The predicted molar refractivity (Wildman–Crippen MR) is 139 cm³/mol. The number of hydrogen-bond donors (Lipinski definition) is 1. The van der Waals surface area contributed by atoms with Crippen molar-refractivity contribution in [2.45, 2.75) is 26.9 Å². The third-order valence-corrected chi connectivity index (χ3v) is 5.84. The smallest absolute Gasteiger partial charge is 0.416 e. The van der Waals surface area contributed by atoms with Crippen molar-refractivity contribution in [3.05, 3.63) is 91.5 Å². The van der Waals surface area contributed by atoms with Crippen LogP contribution in [-0.2, 0) is 11.0 Å². The third kappa shape index (κ3) is 6.86. The first kappa shape index (κ1) is 29.0. The van der Waals surface area contributed by atoms with Crippen molar-refractivity contribution in [3.8, 4) is 23.3 Å². The molecule has 0 spiro atoms. The number of carbonyl (C=O) groups excluding carboxylic acids is 1. The van der Waals surface area contributed by atoms with Gasteiger partial charge in [0.2, 0.25) is 5.75 Å². The number of aryl methyl sites for hydroxylation is 1. The van der Waals surface area contributed by atoms with Gasteiger partial charge >= 0.3 is 11.9 Å². The van der Waals surface area contributed by atoms with E-state index in [1.165, 1.54) is 18.2 Å². The molecule has 0 aliphatic heterocycles. The Bertz CT molecular complexity index is 1510. The van der Waals surface area contributed by atoms with E-state index >= 15 is 0 Å². The first-order chi connectivity index (χ1) is 18.3. The normalized spacial score (nSPS) is 11.5. The average molecular weight is 560 g/mol. The SMILES string of the molecule is CCOc1cc(/C=C(\C#N)C(=O)Nc2cccc(C)c2C)cc(Cl)c1Oc1ccc(C(F)(F)F)cc1[N+](=O)[O-]. The van der Waals surface area contributed by atoms with Crippen LogP contribution in [0.3, 0.4) is 0 Å². The molecule has 0 atom stereocenters. The number of amides is 1. The van der Waals surface area contributed by atoms with Gasteiger partial charge in [-0.1, -0.05) is 23.7 Å². The lowest BCUT2D eigenvalue weighted by Crippen LogP contribution is -2.14. The fraction of sp³-hybridized carbons (Fsp3) is 0.185. The van der Waals surface area contributed by atoms with Gasteiger partial charge in [-0.15, -0.1) is 0 Å². The van der Waals surface area contributed by atoms with Gasteiger partial charge in [-0.3, -0.25) is 14.9 Å². The summed E-state index contributed by atoms with van der Waals surface area (Å²) in [6.07, 6.45) is -3.53. The highest BCUT2D eigenvalue weighted by Crippen LogP contribution is 2.44. The fourth-order valence-corrected chi connectivity index (χ4v) is 3.72. The van der Waals surface area contributed by atoms with Crippen molar-refractivity contribution in [1.82, 2.24) is 0 Å². The highest BCUT2D eigenvalue weighted by Gasteiger charge is 2.33. The maximum atomic E-state index is 13.1. The van der Waals surface area contributed by atoms with Crippen molar-refractivity contribution >= 4 is 35.0 Å². The Balaban J connectivity index is 1.99. The second-order valence-electron chi connectivity index (χ2n) is 8.17. The Morgan fingerprint density at radius 2 is 1.90 bits per heavy atom. The minimum atomic E-state index is -4.80. The van der Waals surface area contributed by atoms with Crippen LogP contribution in [0.25, 0.3) is 6.08 Å². The number of nitro benzene ring substituents is 1. The number of nitriles is 1. The first-order valence-electron chi connectivity index (χ1n) is 11.3. The highest BCUT2D eigenvalue weighted by molar-refractivity contribution is 6.32. The zero-order valence-corrected chi connectivity index (χ0v) is 21.6. The standard InChI is InChI=1S/C27H21ClF3N3O5/c1-4-38-24-12-17(10-18(14-32)26(35)33-21-7-5-6-15(2)16(21)3)11-20(28)25(24)39-23-9-8-19(27(29,30)31)13-22(23)34(36)37/h5-13H,4H2,1-3H3,(H,33,35)/b18-10+. The summed E-state index contributed by atoms with van der Waals surface area (Å²) in [5, 5.41) is 23.6. The number of hydrogen-bond acceptors (Lipinski definition) is 6. The van der Waals surface area contributed by atoms with Gasteiger partial charge in [-0.05, 0) is 73.9 Å². The Kier molecular flexibility index (Phi) is 8.83. The Morgan fingerprint density at radius 3 is 2.51 bits per heavy atom. The molecule has 8 nitrogen and oxygen atoms in total. The van der Waals surface area contributed by atoms with Crippen molar-refractivity contribution in [2.75, 3.05) is 11.9 Å². The van der Waals surface area contributed by atoms with Crippen molar-refractivity contribution in [3.63, 3.8) is 0 Å². The van der Waals surface area contributed by atoms with Crippen LogP contribution in [0.5, 0.6) is 17.2 Å². The molecule has 0 aromatic heterocycles. The van der Waals surface area contributed by atoms with Crippen LogP contribution in [0, 0.1) is 35.3 Å². The molecule has 3 rings (SSSR count). The molecule has 0 unspecified atom stereocenters. The Morgan fingerprint density at radius 1 is 1.18 bits per heavy atom. The van der Waals surface area contributed by atoms with E-state index in [1.54, 1.807) is 19.1 Å². The lowest BCUT2D eigenvalue weighted by molar-refractivity contribution is -0.385. The summed E-state index contributed by atoms with van der Waals surface area (Å²) >= 11 is 6.36. The molecular formula is C27H21ClF3N3O5. The summed E-state index contributed by atoms with van der Waals surface area (Å²) in [6.45, 7) is 5.45. The summed E-state index contributed by atoms with van der Waals surface area (Å²) in [7, 11) is 0. The van der Waals surface area contributed by atoms with Crippen LogP contribution in [0.1, 0.15) is 29.2 Å². The molecule has 1 N–H and O–H groups in total. The Labute approximate surface area is 226 Å². The second-order valence-corrected chi connectivity index (χ2v) is 8.58. The van der Waals surface area contributed by atoms with Gasteiger partial charge in [0.1, 0.15) is 11.6 Å². The molecule has 0 bridgehead atoms. The van der Waals surface area contributed by atoms with E-state index < -0.39 is 34.0 Å². The molecule has 0 radical (unpaired) electrons. The molecule has 39 heavy (non-hydrogen) atoms. The number of carbonyl (C=O) groups is 1. The maximum Gasteiger partial charge on any atom is 0.416 e. The maximum absolute atomic E-state index is 13.1. The molecular weight excluding hydrogens is 539 g/mol. The molecule has 0 fully saturated rings. The number of nitrogens with zero attached hydrogens (tertiary/aromatic N) is 2. The van der Waals surface area contributed by atoms with Crippen LogP contribution in [0.4, 0.5) is 24.5 Å². The fourth-order valence-electron chi connectivity index (χ4n) is 3.46. The molecule has 0 saturated heterocycles. The minimum Gasteiger partial charge on any atom is -0.490 e. The zero-order valence-electron chi connectivity index (χ0n) is 20.9. The van der Waals surface area contributed by atoms with Crippen molar-refractivity contribution < 1.29 is 32.4 Å². The number of nitrogens with one attached hydrogen (secondary N) is 1. The topological polar surface area (TPSA) is 114 Å². The summed E-state index contributed by atoms with van der Waals surface area (Å²) in [6, 6.07) is 11.7. The Hall–Kier alpha value is -4.56. The molecule has 202 valence electrons. The van der Waals surface area contributed by atoms with Crippen molar-refractivity contribution in [2.24, 2.45) is 0 Å². The molecule has 0 heterocycles. The van der Waals surface area contributed by atoms with Crippen LogP contribution in [-0.4, -0.2) is 17.4 Å². The number of halogens is 4. The first-order valence-corrected chi connectivity index (χ1v) is 11.7. The minimum absolute atomic E-state index is 0.0160. The van der Waals surface area contributed by atoms with E-state index in [0.29, 0.717) is 17.8 Å². The van der Waals surface area contributed by atoms with Crippen LogP contribution in [0.15, 0.2) is 54.1 Å². The van der Waals surface area contributed by atoms with E-state index in [9.17, 15) is 33.3 Å². The number of nitro groups is 1. The summed E-state index contributed by atoms with van der Waals surface area (Å²) in [4.78, 5) is 23.2. The molecule has 1 amide bonds. The largest absolute Gasteiger partial charge is 0.490 e. The zero-order chi connectivity index (χ0) is 28.9. The second kappa shape index (κ2) is 11.9. The number of anilines is 1. The van der Waals surface area contributed by atoms with Crippen LogP contribution in [0.2, 0.25) is 5.02 Å². The average Bonchev–Trinajstić information content (AvgIpc) is 2.86. The number of alkyl halides is 3. The van der Waals surface area contributed by atoms with Gasteiger partial charge in [-0.25, -0.2) is 0 Å². The van der Waals surface area contributed by atoms with E-state index in [-0.39, 0.29) is 34.3 Å². The van der Waals surface area contributed by atoms with E-state index in [0.717, 1.165) is 17.2 Å². The lowest BCUT2D eigenvalue weighted by atomic mass is 10.1. The molecule has 3 aromatic rings. The van der Waals surface area contributed by atoms with Crippen LogP contribution >= 0.6 is 11.6 Å². The van der Waals surface area contributed by atoms with Crippen LogP contribution < -0.4 is 14.8 Å². The van der Waals surface area contributed by atoms with Gasteiger partial charge in [0.05, 0.1) is 22.1 Å². The quantitative estimate of drug-likeness (QED) is 0.131. The van der Waals surface area contributed by atoms with Gasteiger partial charge < -0.3 is 14.8 Å². The summed E-state index contributed by atoms with van der Waals surface area (Å²) in [5.74, 6) is -1.37. The van der Waals surface area contributed by atoms with E-state index in [1.807, 2.05) is 26.0 Å². The van der Waals surface area contributed by atoms with Gasteiger partial charge in [-0.2, -0.15) is 18.4 Å².